The molecule has 1 unspecified atom stereocenters. The second kappa shape index (κ2) is 7.22. The number of hydrogen-bond acceptors (Lipinski definition) is 5. The Labute approximate surface area is 146 Å². The van der Waals surface area contributed by atoms with E-state index in [0.717, 1.165) is 6.07 Å². The number of nitrogens with zero attached hydrogens (tertiary/aromatic N) is 2. The minimum Gasteiger partial charge on any atom is -0.508 e. The van der Waals surface area contributed by atoms with Crippen molar-refractivity contribution in [2.45, 2.75) is 38.4 Å². The number of aliphatic hydroxyl groups is 2. The molecule has 0 spiro atoms. The lowest BCUT2D eigenvalue weighted by Crippen LogP contribution is -2.40. The van der Waals surface area contributed by atoms with Crippen LogP contribution in [0.2, 0.25) is 0 Å². The molecule has 0 aliphatic carbocycles. The number of phenolic OH excluding ortho intramolecular Hbond substituents is 1. The molecule has 2 rings (SSSR count). The molecule has 0 saturated heterocycles. The molecule has 0 aliphatic rings. The third-order valence-corrected chi connectivity index (χ3v) is 3.51. The highest BCUT2D eigenvalue weighted by Crippen LogP contribution is 2.30. The van der Waals surface area contributed by atoms with E-state index < -0.39 is 29.5 Å². The summed E-state index contributed by atoms with van der Waals surface area (Å²) in [6.07, 6.45) is -6.28. The van der Waals surface area contributed by atoms with Crippen LogP contribution >= 0.6 is 0 Å². The van der Waals surface area contributed by atoms with Crippen molar-refractivity contribution >= 4 is 0 Å². The highest BCUT2D eigenvalue weighted by Gasteiger charge is 2.35. The van der Waals surface area contributed by atoms with E-state index in [0.29, 0.717) is 6.07 Å². The number of hydrogen-bond donors (Lipinski definition) is 4. The Kier molecular flexibility index (Phi) is 5.59. The summed E-state index contributed by atoms with van der Waals surface area (Å²) in [5.74, 6) is -1.04. The van der Waals surface area contributed by atoms with E-state index in [2.05, 4.69) is 10.2 Å². The summed E-state index contributed by atoms with van der Waals surface area (Å²) in [4.78, 5) is 1.18. The molecule has 1 aromatic carbocycles. The molecular weight excluding hydrogens is 358 g/mol. The van der Waals surface area contributed by atoms with Crippen molar-refractivity contribution in [1.82, 2.24) is 15.1 Å². The minimum absolute atomic E-state index is 0.0849. The summed E-state index contributed by atoms with van der Waals surface area (Å²) >= 11 is 0. The highest BCUT2D eigenvalue weighted by atomic mass is 19.4. The van der Waals surface area contributed by atoms with Crippen LogP contribution in [0.25, 0.3) is 0 Å². The molecule has 0 saturated carbocycles. The fourth-order valence-corrected chi connectivity index (χ4v) is 2.42. The Morgan fingerprint density at radius 1 is 1.23 bits per heavy atom. The standard InChI is InChI=1S/C16H19F4N3O3/c1-15(2,26)8-23(7-9-3-4-10(24)5-11(9)17)14(25)12-6-13(22-21-12)16(18,19)20/h3-6,14,24-26H,7-8H2,1-2H3,(H,21,22). The molecule has 0 fully saturated rings. The maximum Gasteiger partial charge on any atom is 0.435 e. The lowest BCUT2D eigenvalue weighted by atomic mass is 10.1. The largest absolute Gasteiger partial charge is 0.508 e. The van der Waals surface area contributed by atoms with Crippen LogP contribution in [-0.4, -0.2) is 42.6 Å². The van der Waals surface area contributed by atoms with Crippen molar-refractivity contribution in [3.05, 3.63) is 47.0 Å². The predicted octanol–water partition coefficient (Wildman–Crippen LogP) is 2.54. The van der Waals surface area contributed by atoms with Crippen LogP contribution < -0.4 is 0 Å². The Bertz CT molecular complexity index is 756. The van der Waals surface area contributed by atoms with E-state index in [1.807, 2.05) is 0 Å². The van der Waals surface area contributed by atoms with Crippen LogP contribution in [0.15, 0.2) is 24.3 Å². The number of rotatable bonds is 6. The minimum atomic E-state index is -4.68. The highest BCUT2D eigenvalue weighted by molar-refractivity contribution is 5.28. The van der Waals surface area contributed by atoms with E-state index in [1.165, 1.54) is 30.9 Å². The molecule has 0 amide bonds. The molecule has 0 aliphatic heterocycles. The first-order chi connectivity index (χ1) is 11.9. The number of aromatic nitrogens is 2. The Hall–Kier alpha value is -2.17. The van der Waals surface area contributed by atoms with E-state index in [9.17, 15) is 32.9 Å². The number of aromatic hydroxyl groups is 1. The van der Waals surface area contributed by atoms with Gasteiger partial charge in [0.2, 0.25) is 0 Å². The quantitative estimate of drug-likeness (QED) is 0.459. The van der Waals surface area contributed by atoms with Crippen LogP contribution in [0.5, 0.6) is 5.75 Å². The molecule has 1 heterocycles. The van der Waals surface area contributed by atoms with Gasteiger partial charge in [0.05, 0.1) is 11.3 Å². The first kappa shape index (κ1) is 20.1. The molecule has 0 radical (unpaired) electrons. The zero-order valence-corrected chi connectivity index (χ0v) is 14.0. The van der Waals surface area contributed by atoms with Crippen molar-refractivity contribution in [1.29, 1.82) is 0 Å². The van der Waals surface area contributed by atoms with Crippen molar-refractivity contribution < 1.29 is 32.9 Å². The number of halogens is 4. The number of phenols is 1. The van der Waals surface area contributed by atoms with Gasteiger partial charge in [0, 0.05) is 24.7 Å². The third-order valence-electron chi connectivity index (χ3n) is 3.51. The molecule has 0 bridgehead atoms. The molecule has 4 N–H and O–H groups in total. The maximum atomic E-state index is 14.0. The lowest BCUT2D eigenvalue weighted by Gasteiger charge is -2.32. The molecule has 144 valence electrons. The zero-order chi connectivity index (χ0) is 19.7. The normalized spacial score (nSPS) is 14.0. The summed E-state index contributed by atoms with van der Waals surface area (Å²) < 4.78 is 52.0. The number of H-pyrrole nitrogens is 1. The van der Waals surface area contributed by atoms with Gasteiger partial charge in [-0.25, -0.2) is 4.39 Å². The summed E-state index contributed by atoms with van der Waals surface area (Å²) in [6.45, 7) is 2.48. The summed E-state index contributed by atoms with van der Waals surface area (Å²) in [7, 11) is 0. The molecule has 2 aromatic rings. The number of nitrogens with one attached hydrogen (secondary N) is 1. The van der Waals surface area contributed by atoms with Crippen molar-refractivity contribution in [3.63, 3.8) is 0 Å². The number of benzene rings is 1. The van der Waals surface area contributed by atoms with Crippen LogP contribution in [-0.2, 0) is 12.7 Å². The number of aliphatic hydroxyl groups excluding tert-OH is 1. The van der Waals surface area contributed by atoms with E-state index in [1.54, 1.807) is 0 Å². The molecule has 26 heavy (non-hydrogen) atoms. The monoisotopic (exact) mass is 377 g/mol. The van der Waals surface area contributed by atoms with Crippen LogP contribution in [0.4, 0.5) is 17.6 Å². The van der Waals surface area contributed by atoms with Gasteiger partial charge in [0.25, 0.3) is 0 Å². The Morgan fingerprint density at radius 3 is 2.38 bits per heavy atom. The average Bonchev–Trinajstić information content (AvgIpc) is 2.97. The second-order valence-electron chi connectivity index (χ2n) is 6.57. The first-order valence-electron chi connectivity index (χ1n) is 7.61. The van der Waals surface area contributed by atoms with Crippen LogP contribution in [0, 0.1) is 5.82 Å². The topological polar surface area (TPSA) is 92.6 Å². The van der Waals surface area contributed by atoms with Gasteiger partial charge in [-0.2, -0.15) is 18.3 Å². The SMILES string of the molecule is CC(C)(O)CN(Cc1ccc(O)cc1F)C(O)c1cc(C(F)(F)F)n[nH]1. The first-order valence-corrected chi connectivity index (χ1v) is 7.61. The maximum absolute atomic E-state index is 14.0. The number of alkyl halides is 3. The molecule has 6 nitrogen and oxygen atoms in total. The fourth-order valence-electron chi connectivity index (χ4n) is 2.42. The lowest BCUT2D eigenvalue weighted by molar-refractivity contribution is -0.141. The van der Waals surface area contributed by atoms with Crippen molar-refractivity contribution in [3.8, 4) is 5.75 Å². The van der Waals surface area contributed by atoms with Gasteiger partial charge < -0.3 is 15.3 Å². The van der Waals surface area contributed by atoms with E-state index >= 15 is 0 Å². The summed E-state index contributed by atoms with van der Waals surface area (Å²) in [5.41, 5.74) is -2.69. The molecular formula is C16H19F4N3O3. The van der Waals surface area contributed by atoms with Gasteiger partial charge in [-0.1, -0.05) is 6.07 Å². The third kappa shape index (κ3) is 5.16. The molecule has 1 aromatic heterocycles. The van der Waals surface area contributed by atoms with Crippen LogP contribution in [0.3, 0.4) is 0 Å². The van der Waals surface area contributed by atoms with Gasteiger partial charge in [-0.3, -0.25) is 10.00 Å². The van der Waals surface area contributed by atoms with Gasteiger partial charge >= 0.3 is 6.18 Å². The predicted molar refractivity (Wildman–Crippen MR) is 83.3 cm³/mol. The Balaban J connectivity index is 2.30. The van der Waals surface area contributed by atoms with Gasteiger partial charge in [-0.15, -0.1) is 0 Å². The second-order valence-corrected chi connectivity index (χ2v) is 6.57. The van der Waals surface area contributed by atoms with Crippen molar-refractivity contribution in [2.75, 3.05) is 6.54 Å². The fraction of sp³-hybridized carbons (Fsp3) is 0.438. The van der Waals surface area contributed by atoms with Gasteiger partial charge in [0.15, 0.2) is 5.69 Å². The zero-order valence-electron chi connectivity index (χ0n) is 14.0. The molecule has 1 atom stereocenters. The molecule has 10 heteroatoms. The smallest absolute Gasteiger partial charge is 0.435 e. The average molecular weight is 377 g/mol. The van der Waals surface area contributed by atoms with Crippen LogP contribution in [0.1, 0.15) is 37.0 Å². The number of aromatic amines is 1. The van der Waals surface area contributed by atoms with Gasteiger partial charge in [-0.05, 0) is 26.0 Å². The van der Waals surface area contributed by atoms with E-state index in [4.69, 9.17) is 0 Å². The van der Waals surface area contributed by atoms with Crippen molar-refractivity contribution in [2.24, 2.45) is 0 Å². The van der Waals surface area contributed by atoms with Gasteiger partial charge in [0.1, 0.15) is 17.8 Å². The summed E-state index contributed by atoms with van der Waals surface area (Å²) in [5, 5.41) is 34.9. The van der Waals surface area contributed by atoms with E-state index in [-0.39, 0.29) is 30.1 Å². The Morgan fingerprint density at radius 2 is 1.88 bits per heavy atom. The summed E-state index contributed by atoms with van der Waals surface area (Å²) in [6, 6.07) is 4.05.